The maximum Gasteiger partial charge on any atom is 0.253 e. The van der Waals surface area contributed by atoms with Crippen molar-refractivity contribution in [2.24, 2.45) is 4.99 Å². The highest BCUT2D eigenvalue weighted by Crippen LogP contribution is 2.19. The fourth-order valence-corrected chi connectivity index (χ4v) is 2.13. The Kier molecular flexibility index (Phi) is 5.46. The van der Waals surface area contributed by atoms with E-state index in [4.69, 9.17) is 4.74 Å². The predicted molar refractivity (Wildman–Crippen MR) is 83.3 cm³/mol. The molecule has 0 aliphatic rings. The van der Waals surface area contributed by atoms with Crippen molar-refractivity contribution < 1.29 is 14.3 Å². The number of rotatable bonds is 6. The van der Waals surface area contributed by atoms with Crippen LogP contribution in [0.5, 0.6) is 5.75 Å². The maximum atomic E-state index is 12.2. The van der Waals surface area contributed by atoms with Crippen molar-refractivity contribution in [1.29, 1.82) is 0 Å². The van der Waals surface area contributed by atoms with Gasteiger partial charge in [-0.15, -0.1) is 0 Å². The maximum absolute atomic E-state index is 12.2. The molecule has 0 bridgehead atoms. The number of aliphatic imine (C=N–C) groups is 1. The number of carbonyl (C=O) groups is 1. The highest BCUT2D eigenvalue weighted by molar-refractivity contribution is 5.99. The number of hydrogen-bond donors (Lipinski definition) is 1. The number of amides is 1. The van der Waals surface area contributed by atoms with Gasteiger partial charge in [0.1, 0.15) is 5.75 Å². The van der Waals surface area contributed by atoms with Crippen molar-refractivity contribution in [3.63, 3.8) is 0 Å². The largest absolute Gasteiger partial charge is 0.496 e. The third kappa shape index (κ3) is 3.81. The molecule has 112 valence electrons. The zero-order valence-corrected chi connectivity index (χ0v) is 12.2. The second-order valence-electron chi connectivity index (χ2n) is 4.54. The minimum atomic E-state index is -0.274. The van der Waals surface area contributed by atoms with Crippen LogP contribution in [0.15, 0.2) is 53.5 Å². The SMILES string of the molecule is COc1ccccc1CCNC(=O)c1ccccc1N=C=O. The Balaban J connectivity index is 2.00. The molecule has 0 aliphatic heterocycles. The molecule has 2 aromatic rings. The topological polar surface area (TPSA) is 67.8 Å². The van der Waals surface area contributed by atoms with Gasteiger partial charge in [-0.05, 0) is 30.2 Å². The lowest BCUT2D eigenvalue weighted by atomic mass is 10.1. The fraction of sp³-hybridized carbons (Fsp3) is 0.176. The zero-order chi connectivity index (χ0) is 15.8. The van der Waals surface area contributed by atoms with Crippen LogP contribution < -0.4 is 10.1 Å². The summed E-state index contributed by atoms with van der Waals surface area (Å²) in [6.45, 7) is 0.457. The summed E-state index contributed by atoms with van der Waals surface area (Å²) in [6, 6.07) is 14.3. The first-order chi connectivity index (χ1) is 10.8. The van der Waals surface area contributed by atoms with Crippen molar-refractivity contribution in [2.75, 3.05) is 13.7 Å². The van der Waals surface area contributed by atoms with Gasteiger partial charge >= 0.3 is 0 Å². The Morgan fingerprint density at radius 1 is 1.18 bits per heavy atom. The number of carbonyl (C=O) groups excluding carboxylic acids is 2. The van der Waals surface area contributed by atoms with E-state index >= 15 is 0 Å². The normalized spacial score (nSPS) is 9.68. The van der Waals surface area contributed by atoms with E-state index in [0.717, 1.165) is 11.3 Å². The van der Waals surface area contributed by atoms with Gasteiger partial charge in [0, 0.05) is 6.54 Å². The van der Waals surface area contributed by atoms with Crippen LogP contribution in [0.25, 0.3) is 0 Å². The number of hydrogen-bond acceptors (Lipinski definition) is 4. The fourth-order valence-electron chi connectivity index (χ4n) is 2.13. The predicted octanol–water partition coefficient (Wildman–Crippen LogP) is 2.64. The molecule has 0 heterocycles. The first-order valence-corrected chi connectivity index (χ1v) is 6.83. The molecule has 0 aliphatic carbocycles. The molecule has 0 saturated heterocycles. The van der Waals surface area contributed by atoms with Gasteiger partial charge in [-0.3, -0.25) is 4.79 Å². The molecule has 0 aromatic heterocycles. The number of isocyanates is 1. The molecule has 5 heteroatoms. The molecular weight excluding hydrogens is 280 g/mol. The number of para-hydroxylation sites is 2. The molecule has 0 unspecified atom stereocenters. The van der Waals surface area contributed by atoms with E-state index in [1.54, 1.807) is 31.4 Å². The molecule has 0 spiro atoms. The summed E-state index contributed by atoms with van der Waals surface area (Å²) in [4.78, 5) is 26.1. The first kappa shape index (κ1) is 15.5. The monoisotopic (exact) mass is 296 g/mol. The second-order valence-corrected chi connectivity index (χ2v) is 4.54. The molecule has 2 rings (SSSR count). The van der Waals surface area contributed by atoms with Crippen molar-refractivity contribution in [2.45, 2.75) is 6.42 Å². The average Bonchev–Trinajstić information content (AvgIpc) is 2.56. The van der Waals surface area contributed by atoms with E-state index in [1.165, 1.54) is 6.08 Å². The molecule has 0 atom stereocenters. The Morgan fingerprint density at radius 3 is 2.68 bits per heavy atom. The lowest BCUT2D eigenvalue weighted by Crippen LogP contribution is -2.25. The zero-order valence-electron chi connectivity index (χ0n) is 12.2. The molecule has 0 saturated carbocycles. The number of ether oxygens (including phenoxy) is 1. The van der Waals surface area contributed by atoms with Crippen LogP contribution in [0.1, 0.15) is 15.9 Å². The summed E-state index contributed by atoms with van der Waals surface area (Å²) >= 11 is 0. The van der Waals surface area contributed by atoms with Gasteiger partial charge in [0.05, 0.1) is 18.4 Å². The number of nitrogens with one attached hydrogen (secondary N) is 1. The van der Waals surface area contributed by atoms with E-state index in [-0.39, 0.29) is 5.91 Å². The summed E-state index contributed by atoms with van der Waals surface area (Å²) in [6.07, 6.45) is 2.10. The average molecular weight is 296 g/mol. The Hall–Kier alpha value is -2.91. The molecule has 0 radical (unpaired) electrons. The third-order valence-electron chi connectivity index (χ3n) is 3.19. The van der Waals surface area contributed by atoms with Crippen molar-refractivity contribution >= 4 is 17.7 Å². The molecular formula is C17H16N2O3. The minimum absolute atomic E-state index is 0.274. The van der Waals surface area contributed by atoms with Crippen LogP contribution in [0.3, 0.4) is 0 Å². The summed E-state index contributed by atoms with van der Waals surface area (Å²) in [5.74, 6) is 0.521. The van der Waals surface area contributed by atoms with Gasteiger partial charge < -0.3 is 10.1 Å². The second kappa shape index (κ2) is 7.76. The number of benzene rings is 2. The van der Waals surface area contributed by atoms with Crippen LogP contribution in [-0.2, 0) is 11.2 Å². The number of nitrogens with zero attached hydrogens (tertiary/aromatic N) is 1. The molecule has 2 aromatic carbocycles. The van der Waals surface area contributed by atoms with E-state index in [0.29, 0.717) is 24.2 Å². The molecule has 5 nitrogen and oxygen atoms in total. The summed E-state index contributed by atoms with van der Waals surface area (Å²) in [5.41, 5.74) is 1.68. The van der Waals surface area contributed by atoms with Crippen molar-refractivity contribution in [1.82, 2.24) is 5.32 Å². The minimum Gasteiger partial charge on any atom is -0.496 e. The number of methoxy groups -OCH3 is 1. The van der Waals surface area contributed by atoms with Crippen molar-refractivity contribution in [3.05, 3.63) is 59.7 Å². The van der Waals surface area contributed by atoms with Gasteiger partial charge in [0.15, 0.2) is 0 Å². The van der Waals surface area contributed by atoms with Gasteiger partial charge in [-0.25, -0.2) is 4.79 Å². The summed E-state index contributed by atoms with van der Waals surface area (Å²) < 4.78 is 5.27. The standard InChI is InChI=1S/C17H16N2O3/c1-22-16-9-5-2-6-13(16)10-11-18-17(21)14-7-3-4-8-15(14)19-12-20/h2-9H,10-11H2,1H3,(H,18,21). The quantitative estimate of drug-likeness (QED) is 0.658. The van der Waals surface area contributed by atoms with Gasteiger partial charge in [-0.1, -0.05) is 30.3 Å². The lowest BCUT2D eigenvalue weighted by Gasteiger charge is -2.09. The summed E-state index contributed by atoms with van der Waals surface area (Å²) in [5, 5.41) is 2.81. The van der Waals surface area contributed by atoms with Crippen LogP contribution in [0.2, 0.25) is 0 Å². The first-order valence-electron chi connectivity index (χ1n) is 6.83. The summed E-state index contributed by atoms with van der Waals surface area (Å²) in [7, 11) is 1.62. The Bertz CT molecular complexity index is 707. The third-order valence-corrected chi connectivity index (χ3v) is 3.19. The van der Waals surface area contributed by atoms with Gasteiger partial charge in [0.25, 0.3) is 5.91 Å². The molecule has 22 heavy (non-hydrogen) atoms. The van der Waals surface area contributed by atoms with Crippen LogP contribution in [-0.4, -0.2) is 25.6 Å². The van der Waals surface area contributed by atoms with Crippen LogP contribution in [0.4, 0.5) is 5.69 Å². The highest BCUT2D eigenvalue weighted by Gasteiger charge is 2.10. The van der Waals surface area contributed by atoms with E-state index in [1.807, 2.05) is 24.3 Å². The van der Waals surface area contributed by atoms with Gasteiger partial charge in [0.2, 0.25) is 6.08 Å². The Labute approximate surface area is 128 Å². The molecule has 1 N–H and O–H groups in total. The van der Waals surface area contributed by atoms with E-state index in [9.17, 15) is 9.59 Å². The smallest absolute Gasteiger partial charge is 0.253 e. The van der Waals surface area contributed by atoms with Crippen LogP contribution >= 0.6 is 0 Å². The van der Waals surface area contributed by atoms with Crippen molar-refractivity contribution in [3.8, 4) is 5.75 Å². The van der Waals surface area contributed by atoms with Crippen LogP contribution in [0, 0.1) is 0 Å². The molecule has 0 fully saturated rings. The lowest BCUT2D eigenvalue weighted by molar-refractivity contribution is 0.0955. The van der Waals surface area contributed by atoms with E-state index in [2.05, 4.69) is 10.3 Å². The Morgan fingerprint density at radius 2 is 1.91 bits per heavy atom. The highest BCUT2D eigenvalue weighted by atomic mass is 16.5. The van der Waals surface area contributed by atoms with Gasteiger partial charge in [-0.2, -0.15) is 4.99 Å². The molecule has 1 amide bonds. The van der Waals surface area contributed by atoms with E-state index < -0.39 is 0 Å².